The number of unbranched alkanes of at least 4 members (excludes halogenated alkanes) is 6. The molecule has 1 aromatic carbocycles. The smallest absolute Gasteiger partial charge is 0.0438 e. The van der Waals surface area contributed by atoms with Crippen molar-refractivity contribution in [3.8, 4) is 0 Å². The van der Waals surface area contributed by atoms with Crippen molar-refractivity contribution < 1.29 is 0 Å². The van der Waals surface area contributed by atoms with Crippen LogP contribution in [0.1, 0.15) is 70.8 Å². The van der Waals surface area contributed by atoms with Gasteiger partial charge in [-0.2, -0.15) is 0 Å². The molecule has 0 heterocycles. The summed E-state index contributed by atoms with van der Waals surface area (Å²) in [5.41, 5.74) is 1.27. The molecular weight excluding hydrogens is 278 g/mol. The fourth-order valence-electron chi connectivity index (χ4n) is 2.84. The lowest BCUT2D eigenvalue weighted by atomic mass is 9.99. The molecule has 2 heteroatoms. The highest BCUT2D eigenvalue weighted by atomic mass is 35.5. The van der Waals surface area contributed by atoms with Gasteiger partial charge in [0.1, 0.15) is 0 Å². The van der Waals surface area contributed by atoms with Gasteiger partial charge in [0.25, 0.3) is 0 Å². The average Bonchev–Trinajstić information content (AvgIpc) is 2.48. The second-order valence-corrected chi connectivity index (χ2v) is 6.37. The van der Waals surface area contributed by atoms with Crippen LogP contribution in [0.25, 0.3) is 0 Å². The molecule has 120 valence electrons. The van der Waals surface area contributed by atoms with Gasteiger partial charge in [-0.05, 0) is 31.0 Å². The number of benzene rings is 1. The van der Waals surface area contributed by atoms with Gasteiger partial charge in [0.05, 0.1) is 0 Å². The first-order valence-corrected chi connectivity index (χ1v) is 9.12. The molecule has 1 atom stereocenters. The SMILES string of the molecule is CCCCCCCCCC(Cc1ccccc1Cl)NCC. The van der Waals surface area contributed by atoms with Crippen molar-refractivity contribution in [3.63, 3.8) is 0 Å². The number of hydrogen-bond donors (Lipinski definition) is 1. The molecule has 0 aromatic heterocycles. The molecule has 21 heavy (non-hydrogen) atoms. The lowest BCUT2D eigenvalue weighted by Gasteiger charge is -2.18. The molecule has 0 spiro atoms. The van der Waals surface area contributed by atoms with E-state index in [4.69, 9.17) is 11.6 Å². The summed E-state index contributed by atoms with van der Waals surface area (Å²) in [6.07, 6.45) is 11.9. The molecule has 0 aliphatic rings. The predicted molar refractivity (Wildman–Crippen MR) is 95.2 cm³/mol. The van der Waals surface area contributed by atoms with Crippen molar-refractivity contribution in [1.29, 1.82) is 0 Å². The average molecular weight is 310 g/mol. The van der Waals surface area contributed by atoms with Gasteiger partial charge >= 0.3 is 0 Å². The van der Waals surface area contributed by atoms with Crippen molar-refractivity contribution in [2.45, 2.75) is 77.7 Å². The van der Waals surface area contributed by atoms with Crippen molar-refractivity contribution in [3.05, 3.63) is 34.9 Å². The second-order valence-electron chi connectivity index (χ2n) is 5.96. The Balaban J connectivity index is 2.25. The first-order valence-electron chi connectivity index (χ1n) is 8.74. The van der Waals surface area contributed by atoms with Crippen LogP contribution in [-0.2, 0) is 6.42 Å². The summed E-state index contributed by atoms with van der Waals surface area (Å²) in [5, 5.41) is 4.51. The van der Waals surface area contributed by atoms with Gasteiger partial charge in [0.2, 0.25) is 0 Å². The minimum absolute atomic E-state index is 0.561. The quantitative estimate of drug-likeness (QED) is 0.467. The van der Waals surface area contributed by atoms with E-state index in [2.05, 4.69) is 31.3 Å². The van der Waals surface area contributed by atoms with Crippen LogP contribution in [0, 0.1) is 0 Å². The van der Waals surface area contributed by atoms with Crippen LogP contribution in [0.5, 0.6) is 0 Å². The lowest BCUT2D eigenvalue weighted by Crippen LogP contribution is -2.31. The third-order valence-corrected chi connectivity index (χ3v) is 4.44. The third-order valence-electron chi connectivity index (χ3n) is 4.07. The summed E-state index contributed by atoms with van der Waals surface area (Å²) in [5.74, 6) is 0. The van der Waals surface area contributed by atoms with Crippen molar-refractivity contribution >= 4 is 11.6 Å². The molecule has 0 fully saturated rings. The molecule has 0 saturated carbocycles. The maximum absolute atomic E-state index is 6.27. The standard InChI is InChI=1S/C19H32ClN/c1-3-5-6-7-8-9-10-14-18(21-4-2)16-17-13-11-12-15-19(17)20/h11-13,15,18,21H,3-10,14,16H2,1-2H3. The van der Waals surface area contributed by atoms with Gasteiger partial charge < -0.3 is 5.32 Å². The van der Waals surface area contributed by atoms with Gasteiger partial charge in [-0.1, -0.05) is 88.6 Å². The van der Waals surface area contributed by atoms with E-state index in [1.165, 1.54) is 56.9 Å². The van der Waals surface area contributed by atoms with E-state index in [0.717, 1.165) is 18.0 Å². The molecule has 0 bridgehead atoms. The fraction of sp³-hybridized carbons (Fsp3) is 0.684. The number of nitrogens with one attached hydrogen (secondary N) is 1. The van der Waals surface area contributed by atoms with Gasteiger partial charge in [-0.3, -0.25) is 0 Å². The summed E-state index contributed by atoms with van der Waals surface area (Å²) in [6.45, 7) is 5.49. The zero-order valence-electron chi connectivity index (χ0n) is 13.8. The van der Waals surface area contributed by atoms with Gasteiger partial charge in [-0.25, -0.2) is 0 Å². The van der Waals surface area contributed by atoms with Crippen molar-refractivity contribution in [1.82, 2.24) is 5.32 Å². The first-order chi connectivity index (χ1) is 10.3. The van der Waals surface area contributed by atoms with Gasteiger partial charge in [0.15, 0.2) is 0 Å². The van der Waals surface area contributed by atoms with Crippen LogP contribution in [0.2, 0.25) is 5.02 Å². The first kappa shape index (κ1) is 18.5. The largest absolute Gasteiger partial charge is 0.314 e. The molecule has 0 amide bonds. The van der Waals surface area contributed by atoms with Crippen LogP contribution in [-0.4, -0.2) is 12.6 Å². The Bertz CT molecular complexity index is 364. The summed E-state index contributed by atoms with van der Waals surface area (Å²) >= 11 is 6.27. The Morgan fingerprint density at radius 3 is 2.29 bits per heavy atom. The van der Waals surface area contributed by atoms with E-state index in [0.29, 0.717) is 6.04 Å². The molecule has 1 N–H and O–H groups in total. The summed E-state index contributed by atoms with van der Waals surface area (Å²) in [4.78, 5) is 0. The Morgan fingerprint density at radius 1 is 0.952 bits per heavy atom. The number of rotatable bonds is 12. The molecule has 1 aromatic rings. The van der Waals surface area contributed by atoms with Crippen molar-refractivity contribution in [2.75, 3.05) is 6.54 Å². The molecule has 1 rings (SSSR count). The van der Waals surface area contributed by atoms with Crippen LogP contribution in [0.4, 0.5) is 0 Å². The molecule has 0 radical (unpaired) electrons. The van der Waals surface area contributed by atoms with Crippen LogP contribution >= 0.6 is 11.6 Å². The molecular formula is C19H32ClN. The zero-order valence-corrected chi connectivity index (χ0v) is 14.6. The Kier molecular flexibility index (Phi) is 10.6. The van der Waals surface area contributed by atoms with Crippen molar-refractivity contribution in [2.24, 2.45) is 0 Å². The minimum Gasteiger partial charge on any atom is -0.314 e. The number of likely N-dealkylation sites (N-methyl/N-ethyl adjacent to an activating group) is 1. The molecule has 0 saturated heterocycles. The van der Waals surface area contributed by atoms with E-state index < -0.39 is 0 Å². The Morgan fingerprint density at radius 2 is 1.62 bits per heavy atom. The number of hydrogen-bond acceptors (Lipinski definition) is 1. The topological polar surface area (TPSA) is 12.0 Å². The van der Waals surface area contributed by atoms with Gasteiger partial charge in [0, 0.05) is 11.1 Å². The Hall–Kier alpha value is -0.530. The van der Waals surface area contributed by atoms with E-state index >= 15 is 0 Å². The highest BCUT2D eigenvalue weighted by Gasteiger charge is 2.10. The van der Waals surface area contributed by atoms with Crippen LogP contribution in [0.15, 0.2) is 24.3 Å². The second kappa shape index (κ2) is 12.1. The highest BCUT2D eigenvalue weighted by molar-refractivity contribution is 6.31. The van der Waals surface area contributed by atoms with Crippen LogP contribution < -0.4 is 5.32 Å². The van der Waals surface area contributed by atoms with E-state index in [1.807, 2.05) is 12.1 Å². The zero-order chi connectivity index (χ0) is 15.3. The highest BCUT2D eigenvalue weighted by Crippen LogP contribution is 2.19. The third kappa shape index (κ3) is 8.48. The summed E-state index contributed by atoms with van der Waals surface area (Å²) in [6, 6.07) is 8.79. The summed E-state index contributed by atoms with van der Waals surface area (Å²) in [7, 11) is 0. The minimum atomic E-state index is 0.561. The molecule has 0 aliphatic carbocycles. The molecule has 1 nitrogen and oxygen atoms in total. The van der Waals surface area contributed by atoms with E-state index in [1.54, 1.807) is 0 Å². The van der Waals surface area contributed by atoms with Crippen LogP contribution in [0.3, 0.4) is 0 Å². The number of halogens is 1. The summed E-state index contributed by atoms with van der Waals surface area (Å²) < 4.78 is 0. The van der Waals surface area contributed by atoms with E-state index in [-0.39, 0.29) is 0 Å². The monoisotopic (exact) mass is 309 g/mol. The van der Waals surface area contributed by atoms with Gasteiger partial charge in [-0.15, -0.1) is 0 Å². The Labute approximate surface area is 136 Å². The maximum Gasteiger partial charge on any atom is 0.0438 e. The molecule has 0 aliphatic heterocycles. The predicted octanol–water partition coefficient (Wildman–Crippen LogP) is 6.00. The lowest BCUT2D eigenvalue weighted by molar-refractivity contribution is 0.459. The fourth-order valence-corrected chi connectivity index (χ4v) is 3.06. The van der Waals surface area contributed by atoms with E-state index in [9.17, 15) is 0 Å². The normalized spacial score (nSPS) is 12.5. The molecule has 1 unspecified atom stereocenters. The maximum atomic E-state index is 6.27.